The van der Waals surface area contributed by atoms with Crippen LogP contribution in [0.3, 0.4) is 0 Å². The van der Waals surface area contributed by atoms with Crippen LogP contribution in [-0.4, -0.2) is 85.9 Å². The number of aromatic nitrogens is 3. The van der Waals surface area contributed by atoms with Crippen molar-refractivity contribution >= 4 is 35.3 Å². The normalized spacial score (nSPS) is 22.2. The van der Waals surface area contributed by atoms with Crippen LogP contribution < -0.4 is 21.3 Å². The zero-order chi connectivity index (χ0) is 39.0. The number of carbonyl (C=O) groups is 6. The van der Waals surface area contributed by atoms with Gasteiger partial charge in [0.05, 0.1) is 18.3 Å². The summed E-state index contributed by atoms with van der Waals surface area (Å²) in [5.74, 6) is -3.56. The summed E-state index contributed by atoms with van der Waals surface area (Å²) in [7, 11) is 0. The maximum absolute atomic E-state index is 14.7. The second-order valence-electron chi connectivity index (χ2n) is 16.2. The lowest BCUT2D eigenvalue weighted by Crippen LogP contribution is -2.62. The van der Waals surface area contributed by atoms with E-state index < -0.39 is 70.9 Å². The highest BCUT2D eigenvalue weighted by molar-refractivity contribution is 6.38. The number of hydrogen-bond acceptors (Lipinski definition) is 9. The molecule has 7 atom stereocenters. The van der Waals surface area contributed by atoms with Crippen molar-refractivity contribution in [1.29, 1.82) is 0 Å². The van der Waals surface area contributed by atoms with Gasteiger partial charge in [-0.3, -0.25) is 38.7 Å². The smallest absolute Gasteiger partial charge is 0.290 e. The molecule has 1 aliphatic heterocycles. The number of ketones is 1. The monoisotopic (exact) mass is 744 g/mol. The molecule has 2 saturated carbocycles. The van der Waals surface area contributed by atoms with E-state index in [0.29, 0.717) is 13.0 Å². The maximum Gasteiger partial charge on any atom is 0.290 e. The van der Waals surface area contributed by atoms with Crippen molar-refractivity contribution < 1.29 is 28.8 Å². The van der Waals surface area contributed by atoms with Crippen LogP contribution in [0, 0.1) is 23.2 Å². The first kappa shape index (κ1) is 40.4. The topological polar surface area (TPSA) is 192 Å². The number of amides is 5. The Morgan fingerprint density at radius 1 is 0.852 bits per heavy atom. The fraction of sp³-hybridized carbons (Fsp3) is 0.625. The SMILES string of the molecule is CCC[C@H](NC(=O)[C@@H]1[C@H]2CCC[C@H]2CN1C(=O)[C@@H](NC(=O)[C@@H](NC(=O)c1cnccn1)C1CCCCC1)C(C)(C)C)C(=O)C(=O)N[C@H](C)c1ccncc1. The summed E-state index contributed by atoms with van der Waals surface area (Å²) >= 11 is 0. The standard InChI is InChI=1S/C40H56N8O6/c1-6-11-29(33(49)38(53)44-24(2)25-16-18-41-19-17-25)45-37(52)32-28-15-10-14-27(28)23-48(32)39(54)34(40(3,4)5)47-36(51)31(26-12-8-7-9-13-26)46-35(50)30-22-42-20-21-43-30/h16-22,24,26-29,31-32,34H,6-15,23H2,1-5H3,(H,44,53)(H,45,52)(H,46,50)(H,47,51)/t24-,27+,28+,29+,31+,32+,34-/m1/s1. The van der Waals surface area contributed by atoms with Gasteiger partial charge in [0.1, 0.15) is 23.8 Å². The summed E-state index contributed by atoms with van der Waals surface area (Å²) in [6, 6.07) is -0.810. The molecule has 1 saturated heterocycles. The summed E-state index contributed by atoms with van der Waals surface area (Å²) in [4.78, 5) is 96.8. The number of carbonyl (C=O) groups excluding carboxylic acids is 6. The summed E-state index contributed by atoms with van der Waals surface area (Å²) in [5, 5.41) is 11.5. The van der Waals surface area contributed by atoms with Crippen LogP contribution >= 0.6 is 0 Å². The number of nitrogens with one attached hydrogen (secondary N) is 4. The van der Waals surface area contributed by atoms with Gasteiger partial charge in [-0.2, -0.15) is 0 Å². The van der Waals surface area contributed by atoms with Gasteiger partial charge in [-0.1, -0.05) is 59.8 Å². The lowest BCUT2D eigenvalue weighted by molar-refractivity contribution is -0.146. The molecular formula is C40H56N8O6. The van der Waals surface area contributed by atoms with Crippen molar-refractivity contribution in [2.24, 2.45) is 23.2 Å². The van der Waals surface area contributed by atoms with E-state index in [9.17, 15) is 28.8 Å². The van der Waals surface area contributed by atoms with E-state index in [1.165, 1.54) is 18.6 Å². The molecule has 14 nitrogen and oxygen atoms in total. The molecule has 0 radical (unpaired) electrons. The second kappa shape index (κ2) is 18.1. The molecule has 3 fully saturated rings. The molecule has 0 bridgehead atoms. The Bertz CT molecular complexity index is 1640. The van der Waals surface area contributed by atoms with Crippen LogP contribution in [0.2, 0.25) is 0 Å². The third kappa shape index (κ3) is 9.67. The molecule has 4 N–H and O–H groups in total. The van der Waals surface area contributed by atoms with Crippen LogP contribution in [0.4, 0.5) is 0 Å². The molecule has 5 amide bonds. The van der Waals surface area contributed by atoms with Gasteiger partial charge in [0.25, 0.3) is 11.8 Å². The van der Waals surface area contributed by atoms with Crippen molar-refractivity contribution in [2.75, 3.05) is 6.54 Å². The van der Waals surface area contributed by atoms with Gasteiger partial charge in [0.2, 0.25) is 23.5 Å². The summed E-state index contributed by atoms with van der Waals surface area (Å²) in [6.45, 7) is 9.56. The summed E-state index contributed by atoms with van der Waals surface area (Å²) < 4.78 is 0. The zero-order valence-electron chi connectivity index (χ0n) is 32.2. The fourth-order valence-corrected chi connectivity index (χ4v) is 8.39. The van der Waals surface area contributed by atoms with Crippen molar-refractivity contribution in [3.05, 3.63) is 54.4 Å². The predicted molar refractivity (Wildman–Crippen MR) is 200 cm³/mol. The Labute approximate surface area is 317 Å². The van der Waals surface area contributed by atoms with Gasteiger partial charge in [-0.25, -0.2) is 4.98 Å². The quantitative estimate of drug-likeness (QED) is 0.210. The van der Waals surface area contributed by atoms with Crippen molar-refractivity contribution in [3.8, 4) is 0 Å². The van der Waals surface area contributed by atoms with Crippen LogP contribution in [-0.2, 0) is 24.0 Å². The summed E-state index contributed by atoms with van der Waals surface area (Å²) in [6.07, 6.45) is 15.2. The van der Waals surface area contributed by atoms with Crippen molar-refractivity contribution in [1.82, 2.24) is 41.1 Å². The van der Waals surface area contributed by atoms with Crippen LogP contribution in [0.15, 0.2) is 43.1 Å². The Kier molecular flexibility index (Phi) is 13.5. The predicted octanol–water partition coefficient (Wildman–Crippen LogP) is 3.44. The van der Waals surface area contributed by atoms with Crippen molar-refractivity contribution in [2.45, 2.75) is 129 Å². The first-order valence-corrected chi connectivity index (χ1v) is 19.5. The van der Waals surface area contributed by atoms with E-state index in [1.54, 1.807) is 36.4 Å². The Morgan fingerprint density at radius 2 is 1.57 bits per heavy atom. The number of rotatable bonds is 14. The number of pyridine rings is 1. The minimum atomic E-state index is -1.07. The molecule has 0 aromatic carbocycles. The number of hydrogen-bond donors (Lipinski definition) is 4. The van der Waals surface area contributed by atoms with Gasteiger partial charge in [0, 0.05) is 31.3 Å². The molecule has 2 aromatic heterocycles. The Morgan fingerprint density at radius 3 is 2.22 bits per heavy atom. The minimum absolute atomic E-state index is 0.0899. The van der Waals surface area contributed by atoms with E-state index in [-0.39, 0.29) is 29.9 Å². The molecule has 3 heterocycles. The highest BCUT2D eigenvalue weighted by Gasteiger charge is 2.52. The first-order chi connectivity index (χ1) is 25.8. The number of nitrogens with zero attached hydrogens (tertiary/aromatic N) is 4. The van der Waals surface area contributed by atoms with Gasteiger partial charge in [-0.05, 0) is 79.9 Å². The van der Waals surface area contributed by atoms with Crippen LogP contribution in [0.5, 0.6) is 0 Å². The Balaban J connectivity index is 1.34. The highest BCUT2D eigenvalue weighted by atomic mass is 16.2. The van der Waals surface area contributed by atoms with Gasteiger partial charge in [0.15, 0.2) is 0 Å². The zero-order valence-corrected chi connectivity index (χ0v) is 32.2. The van der Waals surface area contributed by atoms with Gasteiger partial charge in [-0.15, -0.1) is 0 Å². The van der Waals surface area contributed by atoms with E-state index >= 15 is 0 Å². The largest absolute Gasteiger partial charge is 0.344 e. The molecule has 0 spiro atoms. The maximum atomic E-state index is 14.7. The number of likely N-dealkylation sites (tertiary alicyclic amines) is 1. The van der Waals surface area contributed by atoms with E-state index in [0.717, 1.165) is 56.9 Å². The van der Waals surface area contributed by atoms with E-state index in [2.05, 4.69) is 36.2 Å². The lowest BCUT2D eigenvalue weighted by atomic mass is 9.82. The van der Waals surface area contributed by atoms with Gasteiger partial charge >= 0.3 is 0 Å². The highest BCUT2D eigenvalue weighted by Crippen LogP contribution is 2.43. The molecule has 54 heavy (non-hydrogen) atoms. The van der Waals surface area contributed by atoms with Gasteiger partial charge < -0.3 is 26.2 Å². The van der Waals surface area contributed by atoms with Crippen LogP contribution in [0.25, 0.3) is 0 Å². The molecule has 0 unspecified atom stereocenters. The Hall–Kier alpha value is -4.75. The lowest BCUT2D eigenvalue weighted by Gasteiger charge is -2.38. The first-order valence-electron chi connectivity index (χ1n) is 19.5. The minimum Gasteiger partial charge on any atom is -0.344 e. The third-order valence-corrected chi connectivity index (χ3v) is 11.3. The molecule has 2 aromatic rings. The second-order valence-corrected chi connectivity index (χ2v) is 16.2. The number of fused-ring (bicyclic) bond motifs is 1. The van der Waals surface area contributed by atoms with Crippen LogP contribution in [0.1, 0.15) is 121 Å². The molecule has 2 aliphatic carbocycles. The average molecular weight is 745 g/mol. The number of Topliss-reactive ketones (excluding diaryl/α,β-unsaturated/α-hetero) is 1. The van der Waals surface area contributed by atoms with E-state index in [4.69, 9.17) is 0 Å². The van der Waals surface area contributed by atoms with E-state index in [1.807, 2.05) is 27.7 Å². The molecule has 14 heteroatoms. The average Bonchev–Trinajstić information content (AvgIpc) is 3.77. The van der Waals surface area contributed by atoms with Crippen molar-refractivity contribution in [3.63, 3.8) is 0 Å². The fourth-order valence-electron chi connectivity index (χ4n) is 8.39. The molecule has 5 rings (SSSR count). The third-order valence-electron chi connectivity index (χ3n) is 11.3. The molecular weight excluding hydrogens is 688 g/mol. The molecule has 3 aliphatic rings. The molecule has 292 valence electrons. The summed E-state index contributed by atoms with van der Waals surface area (Å²) in [5.41, 5.74) is 0.114.